The van der Waals surface area contributed by atoms with Crippen molar-refractivity contribution in [3.63, 3.8) is 0 Å². The monoisotopic (exact) mass is 434 g/mol. The zero-order valence-electron chi connectivity index (χ0n) is 18.5. The highest BCUT2D eigenvalue weighted by atomic mass is 35.5. The van der Waals surface area contributed by atoms with E-state index < -0.39 is 0 Å². The van der Waals surface area contributed by atoms with E-state index in [4.69, 9.17) is 4.98 Å². The highest BCUT2D eigenvalue weighted by Crippen LogP contribution is 2.40. The Morgan fingerprint density at radius 3 is 2.47 bits per heavy atom. The first-order valence-electron chi connectivity index (χ1n) is 10.1. The molecule has 1 aromatic carbocycles. The molecule has 1 aliphatic heterocycles. The number of amides is 1. The summed E-state index contributed by atoms with van der Waals surface area (Å²) in [6.07, 6.45) is 2.36. The van der Waals surface area contributed by atoms with E-state index in [0.29, 0.717) is 6.42 Å². The molecule has 1 amide bonds. The number of carbonyl (C=O) groups is 1. The molecule has 3 atom stereocenters. The molecule has 30 heavy (non-hydrogen) atoms. The summed E-state index contributed by atoms with van der Waals surface area (Å²) in [6.45, 7) is 12.1. The zero-order chi connectivity index (χ0) is 21.4. The Kier molecular flexibility index (Phi) is 7.25. The van der Waals surface area contributed by atoms with E-state index in [1.165, 1.54) is 12.1 Å². The van der Waals surface area contributed by atoms with Crippen LogP contribution in [0.4, 0.5) is 4.39 Å². The minimum atomic E-state index is -0.374. The van der Waals surface area contributed by atoms with Gasteiger partial charge in [-0.05, 0) is 51.0 Å². The number of hydrogen-bond donors (Lipinski definition) is 2. The van der Waals surface area contributed by atoms with Gasteiger partial charge in [0, 0.05) is 34.8 Å². The van der Waals surface area contributed by atoms with Crippen LogP contribution in [0.3, 0.4) is 0 Å². The average Bonchev–Trinajstić information content (AvgIpc) is 3.05. The molecule has 2 heterocycles. The molecule has 0 spiro atoms. The molecule has 0 unspecified atom stereocenters. The first kappa shape index (κ1) is 24.2. The lowest BCUT2D eigenvalue weighted by atomic mass is 9.89. The van der Waals surface area contributed by atoms with Crippen LogP contribution in [0, 0.1) is 5.82 Å². The second-order valence-corrected chi connectivity index (χ2v) is 9.89. The van der Waals surface area contributed by atoms with Crippen LogP contribution in [0.5, 0.6) is 0 Å². The Bertz CT molecular complexity index is 891. The summed E-state index contributed by atoms with van der Waals surface area (Å²) >= 11 is 0. The van der Waals surface area contributed by atoms with Crippen molar-refractivity contribution in [1.82, 2.24) is 20.6 Å². The number of hydrogen-bond acceptors (Lipinski definition) is 4. The lowest BCUT2D eigenvalue weighted by molar-refractivity contribution is -0.124. The molecule has 1 saturated heterocycles. The van der Waals surface area contributed by atoms with Crippen LogP contribution in [-0.2, 0) is 10.2 Å². The van der Waals surface area contributed by atoms with Crippen LogP contribution in [-0.4, -0.2) is 27.5 Å². The maximum Gasteiger partial charge on any atom is 0.237 e. The lowest BCUT2D eigenvalue weighted by Crippen LogP contribution is -2.48. The van der Waals surface area contributed by atoms with Crippen molar-refractivity contribution in [2.45, 2.75) is 76.9 Å². The minimum Gasteiger partial charge on any atom is -0.350 e. The average molecular weight is 435 g/mol. The van der Waals surface area contributed by atoms with Gasteiger partial charge in [-0.25, -0.2) is 14.4 Å². The normalized spacial score (nSPS) is 21.8. The number of aromatic nitrogens is 2. The van der Waals surface area contributed by atoms with Gasteiger partial charge < -0.3 is 5.32 Å². The Morgan fingerprint density at radius 1 is 1.17 bits per heavy atom. The third-order valence-corrected chi connectivity index (χ3v) is 5.02. The lowest BCUT2D eigenvalue weighted by Gasteiger charge is -2.23. The van der Waals surface area contributed by atoms with E-state index >= 15 is 0 Å². The topological polar surface area (TPSA) is 66.9 Å². The zero-order valence-corrected chi connectivity index (χ0v) is 19.3. The fourth-order valence-corrected chi connectivity index (χ4v) is 3.69. The molecule has 1 fully saturated rings. The van der Waals surface area contributed by atoms with Gasteiger partial charge in [-0.15, -0.1) is 12.4 Å². The number of carbonyl (C=O) groups excluding carboxylic acids is 1. The van der Waals surface area contributed by atoms with Gasteiger partial charge in [-0.3, -0.25) is 10.1 Å². The predicted octanol–water partition coefficient (Wildman–Crippen LogP) is 4.44. The number of rotatable bonds is 3. The van der Waals surface area contributed by atoms with Crippen LogP contribution >= 0.6 is 12.4 Å². The van der Waals surface area contributed by atoms with Crippen LogP contribution in [0.2, 0.25) is 0 Å². The van der Waals surface area contributed by atoms with Crippen LogP contribution in [0.25, 0.3) is 0 Å². The smallest absolute Gasteiger partial charge is 0.237 e. The van der Waals surface area contributed by atoms with Gasteiger partial charge in [0.05, 0.1) is 6.04 Å². The fourth-order valence-electron chi connectivity index (χ4n) is 3.69. The number of nitrogens with one attached hydrogen (secondary N) is 2. The van der Waals surface area contributed by atoms with Crippen molar-refractivity contribution >= 4 is 18.3 Å². The minimum absolute atomic E-state index is 0. The standard InChI is InChI=1S/C23H31FN4O.ClH/c1-22(2,3)21-25-11-10-17(27-21)16-13-18(20(29)28-23(4,5)6)26-19(16)14-8-7-9-15(24)12-14;/h7-12,16,18-19,26H,13H2,1-6H3,(H,28,29);1H/t16-,18+,19+;/m1./s1. The quantitative estimate of drug-likeness (QED) is 0.749. The van der Waals surface area contributed by atoms with Crippen LogP contribution in [0.1, 0.15) is 77.0 Å². The molecule has 1 aromatic heterocycles. The summed E-state index contributed by atoms with van der Waals surface area (Å²) in [5, 5.41) is 6.47. The summed E-state index contributed by atoms with van der Waals surface area (Å²) in [7, 11) is 0. The van der Waals surface area contributed by atoms with E-state index in [2.05, 4.69) is 36.4 Å². The molecule has 0 saturated carbocycles. The first-order valence-corrected chi connectivity index (χ1v) is 10.1. The van der Waals surface area contributed by atoms with E-state index in [-0.39, 0.29) is 53.1 Å². The van der Waals surface area contributed by atoms with Crippen molar-refractivity contribution in [2.24, 2.45) is 0 Å². The molecule has 7 heteroatoms. The molecule has 0 bridgehead atoms. The molecule has 2 N–H and O–H groups in total. The van der Waals surface area contributed by atoms with Crippen LogP contribution < -0.4 is 10.6 Å². The highest BCUT2D eigenvalue weighted by Gasteiger charge is 2.40. The molecule has 0 aliphatic carbocycles. The largest absolute Gasteiger partial charge is 0.350 e. The predicted molar refractivity (Wildman–Crippen MR) is 119 cm³/mol. The summed E-state index contributed by atoms with van der Waals surface area (Å²) in [4.78, 5) is 22.1. The second-order valence-electron chi connectivity index (χ2n) is 9.89. The molecule has 164 valence electrons. The van der Waals surface area contributed by atoms with Gasteiger partial charge in [0.2, 0.25) is 5.91 Å². The molecule has 2 aromatic rings. The molecular formula is C23H32ClFN4O. The Morgan fingerprint density at radius 2 is 1.87 bits per heavy atom. The van der Waals surface area contributed by atoms with Gasteiger partial charge in [-0.2, -0.15) is 0 Å². The number of halogens is 2. The molecule has 3 rings (SSSR count). The van der Waals surface area contributed by atoms with Crippen molar-refractivity contribution in [3.8, 4) is 0 Å². The Balaban J connectivity index is 0.00000320. The maximum atomic E-state index is 13.9. The third kappa shape index (κ3) is 5.76. The van der Waals surface area contributed by atoms with E-state index in [0.717, 1.165) is 17.1 Å². The van der Waals surface area contributed by atoms with E-state index in [1.807, 2.05) is 32.9 Å². The summed E-state index contributed by atoms with van der Waals surface area (Å²) in [5.74, 6) is 0.363. The SMILES string of the molecule is CC(C)(C)NC(=O)[C@@H]1C[C@H](c2ccnc(C(C)(C)C)n2)[C@H](c2cccc(F)c2)N1.Cl. The fraction of sp³-hybridized carbons (Fsp3) is 0.522. The Labute approximate surface area is 184 Å². The molecule has 0 radical (unpaired) electrons. The highest BCUT2D eigenvalue weighted by molar-refractivity contribution is 5.85. The molecule has 5 nitrogen and oxygen atoms in total. The van der Waals surface area contributed by atoms with Gasteiger partial charge in [-0.1, -0.05) is 32.9 Å². The number of benzene rings is 1. The van der Waals surface area contributed by atoms with Gasteiger partial charge in [0.1, 0.15) is 11.6 Å². The number of nitrogens with zero attached hydrogens (tertiary/aromatic N) is 2. The summed E-state index contributed by atoms with van der Waals surface area (Å²) < 4.78 is 13.9. The Hall–Kier alpha value is -2.05. The molecule has 1 aliphatic rings. The van der Waals surface area contributed by atoms with Crippen molar-refractivity contribution < 1.29 is 9.18 Å². The first-order chi connectivity index (χ1) is 13.4. The van der Waals surface area contributed by atoms with Crippen molar-refractivity contribution in [1.29, 1.82) is 0 Å². The van der Waals surface area contributed by atoms with E-state index in [1.54, 1.807) is 12.3 Å². The summed E-state index contributed by atoms with van der Waals surface area (Å²) in [5.41, 5.74) is 1.19. The van der Waals surface area contributed by atoms with Crippen molar-refractivity contribution in [2.75, 3.05) is 0 Å². The third-order valence-electron chi connectivity index (χ3n) is 5.02. The van der Waals surface area contributed by atoms with E-state index in [9.17, 15) is 9.18 Å². The van der Waals surface area contributed by atoms with Gasteiger partial charge in [0.15, 0.2) is 0 Å². The summed E-state index contributed by atoms with van der Waals surface area (Å²) in [6, 6.07) is 7.87. The van der Waals surface area contributed by atoms with Crippen LogP contribution in [0.15, 0.2) is 36.5 Å². The van der Waals surface area contributed by atoms with Gasteiger partial charge >= 0.3 is 0 Å². The molecular weight excluding hydrogens is 403 g/mol. The van der Waals surface area contributed by atoms with Gasteiger partial charge in [0.25, 0.3) is 0 Å². The maximum absolute atomic E-state index is 13.9. The van der Waals surface area contributed by atoms with Crippen molar-refractivity contribution in [3.05, 3.63) is 59.4 Å². The second kappa shape index (κ2) is 8.98.